The number of hydrogen-bond donors (Lipinski definition) is 1. The molecule has 2 heterocycles. The summed E-state index contributed by atoms with van der Waals surface area (Å²) >= 11 is 0. The number of nitrogens with zero attached hydrogens (tertiary/aromatic N) is 2. The zero-order valence-electron chi connectivity index (χ0n) is 12.4. The predicted molar refractivity (Wildman–Crippen MR) is 90.2 cm³/mol. The molecule has 0 radical (unpaired) electrons. The Kier molecular flexibility index (Phi) is 3.48. The van der Waals surface area contributed by atoms with Crippen molar-refractivity contribution in [1.29, 1.82) is 0 Å². The van der Waals surface area contributed by atoms with Gasteiger partial charge in [0.25, 0.3) is 6.01 Å². The summed E-state index contributed by atoms with van der Waals surface area (Å²) in [5.41, 5.74) is 3.63. The summed E-state index contributed by atoms with van der Waals surface area (Å²) in [6, 6.07) is 24.1. The van der Waals surface area contributed by atoms with Gasteiger partial charge in [0, 0.05) is 6.20 Å². The Hall–Kier alpha value is -3.14. The molecule has 2 aromatic carbocycles. The van der Waals surface area contributed by atoms with Gasteiger partial charge in [0.15, 0.2) is 5.58 Å². The number of benzene rings is 2. The lowest BCUT2D eigenvalue weighted by molar-refractivity contribution is 0.606. The second-order valence-electron chi connectivity index (χ2n) is 5.23. The third kappa shape index (κ3) is 2.79. The van der Waals surface area contributed by atoms with Crippen molar-refractivity contribution in [2.45, 2.75) is 6.04 Å². The molecule has 0 fully saturated rings. The Morgan fingerprint density at radius 3 is 2.39 bits per heavy atom. The van der Waals surface area contributed by atoms with Crippen molar-refractivity contribution in [3.63, 3.8) is 0 Å². The van der Waals surface area contributed by atoms with E-state index < -0.39 is 0 Å². The molecule has 0 saturated carbocycles. The largest absolute Gasteiger partial charge is 0.424 e. The van der Waals surface area contributed by atoms with E-state index in [4.69, 9.17) is 4.42 Å². The monoisotopic (exact) mass is 301 g/mol. The highest BCUT2D eigenvalue weighted by molar-refractivity contribution is 5.74. The van der Waals surface area contributed by atoms with E-state index in [-0.39, 0.29) is 6.04 Å². The average Bonchev–Trinajstić information content (AvgIpc) is 3.04. The Labute approximate surface area is 133 Å². The minimum Gasteiger partial charge on any atom is -0.424 e. The topological polar surface area (TPSA) is 51.0 Å². The Morgan fingerprint density at radius 2 is 1.61 bits per heavy atom. The molecule has 0 bridgehead atoms. The van der Waals surface area contributed by atoms with Gasteiger partial charge in [0.2, 0.25) is 0 Å². The lowest BCUT2D eigenvalue weighted by Gasteiger charge is -2.17. The third-order valence-corrected chi connectivity index (χ3v) is 3.68. The minimum absolute atomic E-state index is 0.120. The summed E-state index contributed by atoms with van der Waals surface area (Å²) in [6.07, 6.45) is 1.79. The van der Waals surface area contributed by atoms with E-state index in [1.54, 1.807) is 6.20 Å². The van der Waals surface area contributed by atoms with Crippen molar-refractivity contribution in [2.24, 2.45) is 0 Å². The molecule has 0 aliphatic rings. The molecule has 0 amide bonds. The summed E-state index contributed by atoms with van der Waals surface area (Å²) in [5, 5.41) is 3.36. The number of hydrogen-bond acceptors (Lipinski definition) is 4. The van der Waals surface area contributed by atoms with Gasteiger partial charge in [-0.1, -0.05) is 48.5 Å². The summed E-state index contributed by atoms with van der Waals surface area (Å²) < 4.78 is 5.79. The molecule has 0 spiro atoms. The summed E-state index contributed by atoms with van der Waals surface area (Å²) in [6.45, 7) is 0. The van der Waals surface area contributed by atoms with Crippen molar-refractivity contribution in [3.05, 3.63) is 90.3 Å². The molecule has 1 atom stereocenters. The minimum atomic E-state index is -0.120. The highest BCUT2D eigenvalue weighted by atomic mass is 16.4. The lowest BCUT2D eigenvalue weighted by atomic mass is 10.0. The number of aromatic nitrogens is 2. The van der Waals surface area contributed by atoms with Gasteiger partial charge in [0.1, 0.15) is 5.52 Å². The number of oxazole rings is 1. The molecule has 0 saturated heterocycles. The molecule has 0 unspecified atom stereocenters. The fraction of sp³-hybridized carbons (Fsp3) is 0.0526. The number of anilines is 1. The van der Waals surface area contributed by atoms with Gasteiger partial charge in [-0.05, 0) is 29.8 Å². The third-order valence-electron chi connectivity index (χ3n) is 3.68. The van der Waals surface area contributed by atoms with Crippen molar-refractivity contribution in [2.75, 3.05) is 5.32 Å². The smallest absolute Gasteiger partial charge is 0.296 e. The van der Waals surface area contributed by atoms with Crippen molar-refractivity contribution in [1.82, 2.24) is 9.97 Å². The summed E-state index contributed by atoms with van der Waals surface area (Å²) in [4.78, 5) is 8.97. The maximum atomic E-state index is 5.79. The Bertz CT molecular complexity index is 831. The van der Waals surface area contributed by atoms with Crippen LogP contribution in [0.1, 0.15) is 17.3 Å². The first-order chi connectivity index (χ1) is 11.4. The zero-order valence-corrected chi connectivity index (χ0v) is 12.4. The molecule has 4 nitrogen and oxygen atoms in total. The van der Waals surface area contributed by atoms with Gasteiger partial charge in [-0.3, -0.25) is 4.98 Å². The van der Waals surface area contributed by atoms with Crippen LogP contribution in [0.15, 0.2) is 83.4 Å². The number of fused-ring (bicyclic) bond motifs is 1. The van der Waals surface area contributed by atoms with E-state index in [2.05, 4.69) is 27.4 Å². The molecule has 4 aromatic rings. The van der Waals surface area contributed by atoms with E-state index in [1.165, 1.54) is 0 Å². The van der Waals surface area contributed by atoms with Crippen LogP contribution in [0.25, 0.3) is 11.1 Å². The standard InChI is InChI=1S/C19H15N3O/c1-2-8-14(9-3-1)18(16-11-6-7-13-20-16)22-19-21-15-10-4-5-12-17(15)23-19/h1-13,18H,(H,21,22)/t18-/m0/s1. The molecular formula is C19H15N3O. The molecule has 1 N–H and O–H groups in total. The fourth-order valence-corrected chi connectivity index (χ4v) is 2.58. The molecule has 0 aliphatic heterocycles. The van der Waals surface area contributed by atoms with Gasteiger partial charge in [0.05, 0.1) is 11.7 Å². The van der Waals surface area contributed by atoms with Crippen LogP contribution in [-0.2, 0) is 0 Å². The molecule has 4 heteroatoms. The second-order valence-corrected chi connectivity index (χ2v) is 5.23. The highest BCUT2D eigenvalue weighted by Gasteiger charge is 2.17. The maximum Gasteiger partial charge on any atom is 0.296 e. The van der Waals surface area contributed by atoms with Gasteiger partial charge >= 0.3 is 0 Å². The van der Waals surface area contributed by atoms with Crippen LogP contribution in [-0.4, -0.2) is 9.97 Å². The van der Waals surface area contributed by atoms with E-state index in [9.17, 15) is 0 Å². The molecule has 0 aliphatic carbocycles. The van der Waals surface area contributed by atoms with Crippen LogP contribution in [0.3, 0.4) is 0 Å². The van der Waals surface area contributed by atoms with Crippen molar-refractivity contribution < 1.29 is 4.42 Å². The van der Waals surface area contributed by atoms with E-state index in [0.717, 1.165) is 22.4 Å². The average molecular weight is 301 g/mol. The number of rotatable bonds is 4. The van der Waals surface area contributed by atoms with Gasteiger partial charge < -0.3 is 9.73 Å². The molecule has 2 aromatic heterocycles. The zero-order chi connectivity index (χ0) is 15.5. The summed E-state index contributed by atoms with van der Waals surface area (Å²) in [5.74, 6) is 0. The van der Waals surface area contributed by atoms with Crippen LogP contribution >= 0.6 is 0 Å². The second kappa shape index (κ2) is 5.93. The Morgan fingerprint density at radius 1 is 0.826 bits per heavy atom. The van der Waals surface area contributed by atoms with Crippen LogP contribution in [0.2, 0.25) is 0 Å². The summed E-state index contributed by atoms with van der Waals surface area (Å²) in [7, 11) is 0. The highest BCUT2D eigenvalue weighted by Crippen LogP contribution is 2.27. The Balaban J connectivity index is 1.73. The molecule has 112 valence electrons. The van der Waals surface area contributed by atoms with Crippen LogP contribution < -0.4 is 5.32 Å². The quantitative estimate of drug-likeness (QED) is 0.606. The van der Waals surface area contributed by atoms with Gasteiger partial charge in [-0.25, -0.2) is 0 Å². The number of pyridine rings is 1. The molecule has 4 rings (SSSR count). The normalized spacial score (nSPS) is 12.2. The van der Waals surface area contributed by atoms with E-state index in [0.29, 0.717) is 6.01 Å². The van der Waals surface area contributed by atoms with Crippen molar-refractivity contribution in [3.8, 4) is 0 Å². The molecule has 23 heavy (non-hydrogen) atoms. The predicted octanol–water partition coefficient (Wildman–Crippen LogP) is 4.42. The number of nitrogens with one attached hydrogen (secondary N) is 1. The SMILES string of the molecule is c1ccc([C@H](Nc2nc3ccccc3o2)c2ccccn2)cc1. The maximum absolute atomic E-state index is 5.79. The fourth-order valence-electron chi connectivity index (χ4n) is 2.58. The number of para-hydroxylation sites is 2. The first-order valence-electron chi connectivity index (χ1n) is 7.48. The van der Waals surface area contributed by atoms with E-state index in [1.807, 2.05) is 60.7 Å². The first kappa shape index (κ1) is 13.5. The molecular weight excluding hydrogens is 286 g/mol. The van der Waals surface area contributed by atoms with E-state index >= 15 is 0 Å². The van der Waals surface area contributed by atoms with Gasteiger partial charge in [-0.15, -0.1) is 0 Å². The lowest BCUT2D eigenvalue weighted by Crippen LogP contribution is -2.13. The van der Waals surface area contributed by atoms with Crippen LogP contribution in [0, 0.1) is 0 Å². The van der Waals surface area contributed by atoms with Crippen LogP contribution in [0.5, 0.6) is 0 Å². The van der Waals surface area contributed by atoms with Gasteiger partial charge in [-0.2, -0.15) is 4.98 Å². The first-order valence-corrected chi connectivity index (χ1v) is 7.48. The van der Waals surface area contributed by atoms with Crippen LogP contribution in [0.4, 0.5) is 6.01 Å². The van der Waals surface area contributed by atoms with Crippen molar-refractivity contribution >= 4 is 17.1 Å².